The second-order valence-electron chi connectivity index (χ2n) is 5.51. The number of carbonyl (C=O) groups is 1. The Morgan fingerprint density at radius 2 is 1.57 bits per heavy atom. The van der Waals surface area contributed by atoms with E-state index in [0.29, 0.717) is 0 Å². The van der Waals surface area contributed by atoms with Gasteiger partial charge in [0, 0.05) is 5.92 Å². The van der Waals surface area contributed by atoms with E-state index in [2.05, 4.69) is 0 Å². The minimum absolute atomic E-state index is 0.199. The Balaban J connectivity index is 3.24. The molecule has 0 aromatic heterocycles. The van der Waals surface area contributed by atoms with Gasteiger partial charge in [-0.25, -0.2) is 0 Å². The Labute approximate surface area is 138 Å². The molecule has 0 saturated heterocycles. The molecule has 0 bridgehead atoms. The quantitative estimate of drug-likeness (QED) is 0.492. The first-order valence-corrected chi connectivity index (χ1v) is 9.61. The maximum atomic E-state index is 13.2. The molecule has 0 heterocycles. The van der Waals surface area contributed by atoms with Crippen LogP contribution in [0, 0.1) is 0 Å². The second kappa shape index (κ2) is 9.21. The molecule has 2 atom stereocenters. The summed E-state index contributed by atoms with van der Waals surface area (Å²) >= 11 is 0. The second-order valence-corrected chi connectivity index (χ2v) is 7.66. The molecule has 1 rings (SSSR count). The molecule has 0 saturated carbocycles. The minimum atomic E-state index is -3.64. The molecular formula is C17H27O5P. The Morgan fingerprint density at radius 1 is 1.04 bits per heavy atom. The van der Waals surface area contributed by atoms with Crippen molar-refractivity contribution >= 4 is 13.6 Å². The van der Waals surface area contributed by atoms with Gasteiger partial charge in [-0.3, -0.25) is 9.36 Å². The molecule has 23 heavy (non-hydrogen) atoms. The Hall–Kier alpha value is -1.16. The highest BCUT2D eigenvalue weighted by atomic mass is 31.2. The van der Waals surface area contributed by atoms with E-state index in [1.807, 2.05) is 37.3 Å². The fourth-order valence-corrected chi connectivity index (χ4v) is 4.56. The highest BCUT2D eigenvalue weighted by molar-refractivity contribution is 7.55. The summed E-state index contributed by atoms with van der Waals surface area (Å²) in [5.41, 5.74) is -0.106. The van der Waals surface area contributed by atoms with Crippen molar-refractivity contribution in [1.29, 1.82) is 0 Å². The Kier molecular flexibility index (Phi) is 7.97. The molecule has 1 aromatic rings. The smallest absolute Gasteiger partial charge is 0.345 e. The molecule has 1 aromatic carbocycles. The van der Waals surface area contributed by atoms with Crippen LogP contribution in [-0.2, 0) is 23.1 Å². The maximum absolute atomic E-state index is 13.2. The van der Waals surface area contributed by atoms with E-state index in [0.717, 1.165) is 5.56 Å². The van der Waals surface area contributed by atoms with Crippen LogP contribution < -0.4 is 0 Å². The average molecular weight is 342 g/mol. The van der Waals surface area contributed by atoms with Crippen LogP contribution in [0.4, 0.5) is 0 Å². The van der Waals surface area contributed by atoms with Gasteiger partial charge in [0.05, 0.1) is 19.3 Å². The zero-order valence-electron chi connectivity index (χ0n) is 14.5. The van der Waals surface area contributed by atoms with Crippen LogP contribution in [0.1, 0.15) is 46.1 Å². The zero-order valence-corrected chi connectivity index (χ0v) is 15.4. The molecule has 0 aliphatic heterocycles. The van der Waals surface area contributed by atoms with E-state index < -0.39 is 19.2 Å². The van der Waals surface area contributed by atoms with Crippen molar-refractivity contribution in [3.63, 3.8) is 0 Å². The molecule has 0 amide bonds. The lowest BCUT2D eigenvalue weighted by atomic mass is 9.97. The molecule has 0 radical (unpaired) electrons. The molecule has 0 spiro atoms. The number of hydrogen-bond donors (Lipinski definition) is 0. The molecule has 5 nitrogen and oxygen atoms in total. The highest BCUT2D eigenvalue weighted by Crippen LogP contribution is 2.57. The van der Waals surface area contributed by atoms with E-state index in [9.17, 15) is 9.36 Å². The van der Waals surface area contributed by atoms with Crippen molar-refractivity contribution < 1.29 is 23.1 Å². The fraction of sp³-hybridized carbons (Fsp3) is 0.588. The van der Waals surface area contributed by atoms with Gasteiger partial charge in [-0.05, 0) is 33.3 Å². The van der Waals surface area contributed by atoms with Crippen LogP contribution in [0.5, 0.6) is 0 Å². The largest absolute Gasteiger partial charge is 0.462 e. The van der Waals surface area contributed by atoms with E-state index >= 15 is 0 Å². The summed E-state index contributed by atoms with van der Waals surface area (Å²) in [6.45, 7) is 9.21. The number of hydrogen-bond acceptors (Lipinski definition) is 5. The number of rotatable bonds is 9. The first-order chi connectivity index (χ1) is 10.9. The van der Waals surface area contributed by atoms with E-state index in [1.54, 1.807) is 27.7 Å². The molecule has 0 unspecified atom stereocenters. The normalized spacial score (nSPS) is 14.5. The van der Waals surface area contributed by atoms with Crippen molar-refractivity contribution in [3.05, 3.63) is 35.9 Å². The van der Waals surface area contributed by atoms with Crippen LogP contribution in [0.15, 0.2) is 30.3 Å². The maximum Gasteiger partial charge on any atom is 0.345 e. The number of esters is 1. The third kappa shape index (κ3) is 5.45. The number of ether oxygens (including phenoxy) is 1. The van der Waals surface area contributed by atoms with Gasteiger partial charge < -0.3 is 13.8 Å². The highest BCUT2D eigenvalue weighted by Gasteiger charge is 2.46. The van der Waals surface area contributed by atoms with Gasteiger partial charge in [0.15, 0.2) is 5.66 Å². The molecular weight excluding hydrogens is 315 g/mol. The molecule has 6 heteroatoms. The first-order valence-electron chi connectivity index (χ1n) is 7.99. The van der Waals surface area contributed by atoms with Gasteiger partial charge >= 0.3 is 13.6 Å². The van der Waals surface area contributed by atoms with Crippen molar-refractivity contribution in [2.45, 2.75) is 52.3 Å². The summed E-state index contributed by atoms with van der Waals surface area (Å²) in [5.74, 6) is -0.909. The van der Waals surface area contributed by atoms with E-state index in [-0.39, 0.29) is 25.2 Å². The van der Waals surface area contributed by atoms with Crippen LogP contribution in [-0.4, -0.2) is 30.9 Å². The summed E-state index contributed by atoms with van der Waals surface area (Å²) < 4.78 is 29.3. The van der Waals surface area contributed by atoms with Crippen LogP contribution in [0.2, 0.25) is 0 Å². The average Bonchev–Trinajstić information content (AvgIpc) is 2.47. The predicted molar refractivity (Wildman–Crippen MR) is 90.7 cm³/mol. The van der Waals surface area contributed by atoms with Crippen molar-refractivity contribution in [2.24, 2.45) is 0 Å². The van der Waals surface area contributed by atoms with Gasteiger partial charge in [0.1, 0.15) is 0 Å². The monoisotopic (exact) mass is 342 g/mol. The van der Waals surface area contributed by atoms with Gasteiger partial charge in [-0.15, -0.1) is 0 Å². The van der Waals surface area contributed by atoms with Gasteiger partial charge in [0.2, 0.25) is 0 Å². The lowest BCUT2D eigenvalue weighted by Crippen LogP contribution is -2.32. The topological polar surface area (TPSA) is 61.8 Å². The van der Waals surface area contributed by atoms with Crippen molar-refractivity contribution in [2.75, 3.05) is 13.2 Å². The summed E-state index contributed by atoms with van der Waals surface area (Å²) in [4.78, 5) is 12.6. The standard InChI is InChI=1S/C17H27O5P/c1-6-20-23(19,21-7-2)16(17(18)22-13(3)4)14(5)15-11-9-8-10-12-15/h8-14,16H,6-7H2,1-5H3/t14-,16-/m0/s1. The van der Waals surface area contributed by atoms with E-state index in [4.69, 9.17) is 13.8 Å². The van der Waals surface area contributed by atoms with Crippen molar-refractivity contribution in [3.8, 4) is 0 Å². The van der Waals surface area contributed by atoms with Gasteiger partial charge in [-0.2, -0.15) is 0 Å². The number of benzene rings is 1. The molecule has 0 N–H and O–H groups in total. The van der Waals surface area contributed by atoms with Gasteiger partial charge in [-0.1, -0.05) is 37.3 Å². The summed E-state index contributed by atoms with van der Waals surface area (Å²) in [6.07, 6.45) is -0.301. The van der Waals surface area contributed by atoms with Crippen molar-refractivity contribution in [1.82, 2.24) is 0 Å². The minimum Gasteiger partial charge on any atom is -0.462 e. The Morgan fingerprint density at radius 3 is 2.00 bits per heavy atom. The molecule has 130 valence electrons. The first kappa shape index (κ1) is 19.9. The summed E-state index contributed by atoms with van der Waals surface area (Å²) in [5, 5.41) is 0. The van der Waals surface area contributed by atoms with Crippen LogP contribution in [0.3, 0.4) is 0 Å². The SMILES string of the molecule is CCOP(=O)(OCC)[C@H](C(=O)OC(C)C)[C@@H](C)c1ccccc1. The molecule has 0 fully saturated rings. The third-order valence-corrected chi connectivity index (χ3v) is 5.93. The lowest BCUT2D eigenvalue weighted by Gasteiger charge is -2.29. The molecule has 0 aliphatic rings. The van der Waals surface area contributed by atoms with Gasteiger partial charge in [0.25, 0.3) is 0 Å². The number of carbonyl (C=O) groups excluding carboxylic acids is 1. The zero-order chi connectivity index (χ0) is 17.5. The van der Waals surface area contributed by atoms with E-state index in [1.165, 1.54) is 0 Å². The summed E-state index contributed by atoms with van der Waals surface area (Å²) in [7, 11) is -3.64. The molecule has 0 aliphatic carbocycles. The predicted octanol–water partition coefficient (Wildman–Crippen LogP) is 4.38. The lowest BCUT2D eigenvalue weighted by molar-refractivity contribution is -0.147. The van der Waals surface area contributed by atoms with Crippen LogP contribution >= 0.6 is 7.60 Å². The fourth-order valence-electron chi connectivity index (χ4n) is 2.41. The van der Waals surface area contributed by atoms with Crippen LogP contribution in [0.25, 0.3) is 0 Å². The third-order valence-electron chi connectivity index (χ3n) is 3.35. The Bertz CT molecular complexity index is 519. The summed E-state index contributed by atoms with van der Waals surface area (Å²) in [6, 6.07) is 9.43.